The molecule has 0 fully saturated rings. The first-order valence-corrected chi connectivity index (χ1v) is 6.76. The molecule has 1 unspecified atom stereocenters. The van der Waals surface area contributed by atoms with Crippen molar-refractivity contribution >= 4 is 11.8 Å². The highest BCUT2D eigenvalue weighted by Gasteiger charge is 2.32. The quantitative estimate of drug-likeness (QED) is 0.629. The second-order valence-electron chi connectivity index (χ2n) is 4.61. The average molecular weight is 280 g/mol. The van der Waals surface area contributed by atoms with Gasteiger partial charge in [-0.3, -0.25) is 0 Å². The van der Waals surface area contributed by atoms with Crippen molar-refractivity contribution in [2.24, 2.45) is 0 Å². The molecule has 3 rings (SSSR count). The third-order valence-electron chi connectivity index (χ3n) is 3.41. The van der Waals surface area contributed by atoms with Gasteiger partial charge in [0, 0.05) is 15.7 Å². The van der Waals surface area contributed by atoms with E-state index in [1.807, 2.05) is 31.2 Å². The third-order valence-corrected chi connectivity index (χ3v) is 4.59. The largest absolute Gasteiger partial charge is 0.416 e. The Hall–Kier alpha value is -1.42. The summed E-state index contributed by atoms with van der Waals surface area (Å²) in [7, 11) is 0. The second-order valence-corrected chi connectivity index (χ2v) is 5.70. The molecule has 0 nitrogen and oxygen atoms in total. The Bertz CT molecular complexity index is 632. The number of alkyl halides is 3. The van der Waals surface area contributed by atoms with Gasteiger partial charge < -0.3 is 0 Å². The van der Waals surface area contributed by atoms with Gasteiger partial charge in [0.2, 0.25) is 0 Å². The summed E-state index contributed by atoms with van der Waals surface area (Å²) in [6.07, 6.45) is -4.28. The lowest BCUT2D eigenvalue weighted by molar-refractivity contribution is -0.137. The predicted octanol–water partition coefficient (Wildman–Crippen LogP) is 5.32. The molecule has 0 N–H and O–H groups in total. The number of fused-ring (bicyclic) bond motifs is 2. The van der Waals surface area contributed by atoms with Gasteiger partial charge >= 0.3 is 6.18 Å². The fourth-order valence-corrected chi connectivity index (χ4v) is 3.61. The van der Waals surface area contributed by atoms with Crippen LogP contribution in [0.4, 0.5) is 13.2 Å². The fraction of sp³-hybridized carbons (Fsp3) is 0.200. The standard InChI is InChI=1S/C15H11F3S/c1-9-11-4-2-3-5-13(11)19-14-7-6-10(8-12(9)14)15(16,17)18/h2-9H,1H3. The van der Waals surface area contributed by atoms with Crippen LogP contribution in [0.2, 0.25) is 0 Å². The fourth-order valence-electron chi connectivity index (χ4n) is 2.37. The molecule has 0 radical (unpaired) electrons. The van der Waals surface area contributed by atoms with Crippen LogP contribution in [0.3, 0.4) is 0 Å². The second kappa shape index (κ2) is 4.30. The zero-order valence-corrected chi connectivity index (χ0v) is 11.0. The van der Waals surface area contributed by atoms with Crippen molar-refractivity contribution in [3.05, 3.63) is 59.2 Å². The minimum absolute atomic E-state index is 0.00486. The molecule has 1 heterocycles. The van der Waals surface area contributed by atoms with Crippen molar-refractivity contribution in [1.29, 1.82) is 0 Å². The monoisotopic (exact) mass is 280 g/mol. The van der Waals surface area contributed by atoms with E-state index in [1.165, 1.54) is 17.8 Å². The summed E-state index contributed by atoms with van der Waals surface area (Å²) in [6, 6.07) is 11.9. The topological polar surface area (TPSA) is 0 Å². The maximum absolute atomic E-state index is 12.8. The maximum Gasteiger partial charge on any atom is 0.416 e. The molecule has 0 amide bonds. The molecular formula is C15H11F3S. The molecule has 0 saturated heterocycles. The molecule has 1 atom stereocenters. The molecule has 0 saturated carbocycles. The third kappa shape index (κ3) is 2.14. The van der Waals surface area contributed by atoms with Gasteiger partial charge in [-0.25, -0.2) is 0 Å². The van der Waals surface area contributed by atoms with Crippen LogP contribution in [0.5, 0.6) is 0 Å². The molecule has 0 aromatic heterocycles. The minimum atomic E-state index is -4.28. The highest BCUT2D eigenvalue weighted by atomic mass is 32.2. The summed E-state index contributed by atoms with van der Waals surface area (Å²) < 4.78 is 38.3. The van der Waals surface area contributed by atoms with Gasteiger partial charge in [-0.15, -0.1) is 0 Å². The molecule has 0 bridgehead atoms. The zero-order chi connectivity index (χ0) is 13.6. The Morgan fingerprint density at radius 2 is 1.63 bits per heavy atom. The molecule has 2 aromatic carbocycles. The maximum atomic E-state index is 12.8. The molecule has 4 heteroatoms. The van der Waals surface area contributed by atoms with Gasteiger partial charge in [0.05, 0.1) is 5.56 Å². The van der Waals surface area contributed by atoms with Crippen molar-refractivity contribution in [3.63, 3.8) is 0 Å². The Morgan fingerprint density at radius 1 is 0.947 bits per heavy atom. The van der Waals surface area contributed by atoms with Crippen LogP contribution < -0.4 is 0 Å². The van der Waals surface area contributed by atoms with Crippen LogP contribution in [-0.4, -0.2) is 0 Å². The molecule has 19 heavy (non-hydrogen) atoms. The Kier molecular flexibility index (Phi) is 2.86. The van der Waals surface area contributed by atoms with Gasteiger partial charge in [0.25, 0.3) is 0 Å². The molecule has 98 valence electrons. The smallest absolute Gasteiger partial charge is 0.166 e. The first kappa shape index (κ1) is 12.6. The highest BCUT2D eigenvalue weighted by molar-refractivity contribution is 7.99. The van der Waals surface area contributed by atoms with Crippen molar-refractivity contribution < 1.29 is 13.2 Å². The summed E-state index contributed by atoms with van der Waals surface area (Å²) in [6.45, 7) is 1.96. The SMILES string of the molecule is CC1c2ccccc2Sc2ccc(C(F)(F)F)cc21. The van der Waals surface area contributed by atoms with Crippen molar-refractivity contribution in [3.8, 4) is 0 Å². The number of hydrogen-bond donors (Lipinski definition) is 0. The lowest BCUT2D eigenvalue weighted by Crippen LogP contribution is -2.10. The van der Waals surface area contributed by atoms with Gasteiger partial charge in [-0.2, -0.15) is 13.2 Å². The summed E-state index contributed by atoms with van der Waals surface area (Å²) >= 11 is 1.54. The summed E-state index contributed by atoms with van der Waals surface area (Å²) in [5.74, 6) is -0.00486. The first-order valence-electron chi connectivity index (χ1n) is 5.95. The number of hydrogen-bond acceptors (Lipinski definition) is 1. The summed E-state index contributed by atoms with van der Waals surface area (Å²) in [5, 5.41) is 0. The lowest BCUT2D eigenvalue weighted by atomic mass is 9.91. The lowest BCUT2D eigenvalue weighted by Gasteiger charge is -2.25. The van der Waals surface area contributed by atoms with Gasteiger partial charge in [0.15, 0.2) is 0 Å². The molecule has 1 aliphatic rings. The van der Waals surface area contributed by atoms with E-state index in [0.29, 0.717) is 0 Å². The number of benzene rings is 2. The van der Waals surface area contributed by atoms with Gasteiger partial charge in [0.1, 0.15) is 0 Å². The van der Waals surface area contributed by atoms with Crippen LogP contribution in [-0.2, 0) is 6.18 Å². The molecule has 0 spiro atoms. The van der Waals surface area contributed by atoms with Crippen molar-refractivity contribution in [2.45, 2.75) is 28.8 Å². The van der Waals surface area contributed by atoms with Crippen LogP contribution in [0.15, 0.2) is 52.3 Å². The van der Waals surface area contributed by atoms with E-state index < -0.39 is 11.7 Å². The predicted molar refractivity (Wildman–Crippen MR) is 69.5 cm³/mol. The summed E-state index contributed by atoms with van der Waals surface area (Å²) in [4.78, 5) is 2.04. The van der Waals surface area contributed by atoms with Crippen LogP contribution in [0.25, 0.3) is 0 Å². The first-order chi connectivity index (χ1) is 8.97. The highest BCUT2D eigenvalue weighted by Crippen LogP contribution is 2.46. The van der Waals surface area contributed by atoms with E-state index in [9.17, 15) is 13.2 Å². The molecule has 0 aliphatic carbocycles. The molecule has 1 aliphatic heterocycles. The molecule has 2 aromatic rings. The normalized spacial score (nSPS) is 17.8. The Morgan fingerprint density at radius 3 is 2.37 bits per heavy atom. The van der Waals surface area contributed by atoms with E-state index in [0.717, 1.165) is 27.0 Å². The van der Waals surface area contributed by atoms with Crippen molar-refractivity contribution in [2.75, 3.05) is 0 Å². The van der Waals surface area contributed by atoms with E-state index in [1.54, 1.807) is 6.07 Å². The van der Waals surface area contributed by atoms with Gasteiger partial charge in [-0.1, -0.05) is 36.9 Å². The number of halogens is 3. The zero-order valence-electron chi connectivity index (χ0n) is 10.2. The van der Waals surface area contributed by atoms with E-state index in [2.05, 4.69) is 0 Å². The Labute approximate surface area is 113 Å². The average Bonchev–Trinajstić information content (AvgIpc) is 2.37. The van der Waals surface area contributed by atoms with Crippen LogP contribution in [0, 0.1) is 0 Å². The van der Waals surface area contributed by atoms with Gasteiger partial charge in [-0.05, 0) is 35.4 Å². The molecular weight excluding hydrogens is 269 g/mol. The Balaban J connectivity index is 2.11. The van der Waals surface area contributed by atoms with E-state index in [-0.39, 0.29) is 5.92 Å². The minimum Gasteiger partial charge on any atom is -0.166 e. The number of rotatable bonds is 0. The van der Waals surface area contributed by atoms with Crippen LogP contribution >= 0.6 is 11.8 Å². The van der Waals surface area contributed by atoms with Crippen molar-refractivity contribution in [1.82, 2.24) is 0 Å². The van der Waals surface area contributed by atoms with E-state index in [4.69, 9.17) is 0 Å². The van der Waals surface area contributed by atoms with Crippen LogP contribution in [0.1, 0.15) is 29.5 Å². The van der Waals surface area contributed by atoms with E-state index >= 15 is 0 Å². The summed E-state index contributed by atoms with van der Waals surface area (Å²) in [5.41, 5.74) is 1.29.